The number of aliphatic hydroxyl groups is 1. The number of halogens is 3. The van der Waals surface area contributed by atoms with Crippen molar-refractivity contribution in [2.45, 2.75) is 31.8 Å². The molecule has 0 aliphatic heterocycles. The zero-order valence-corrected chi connectivity index (χ0v) is 18.5. The number of anilines is 2. The van der Waals surface area contributed by atoms with Gasteiger partial charge >= 0.3 is 6.18 Å². The maximum absolute atomic E-state index is 12.9. The SMILES string of the molecule is CCOc1cc(NC(=O)[C@@H](CO)C(C)C)ccc1S(=O)(=O)Nc1cccc(C(F)(F)F)c1. The summed E-state index contributed by atoms with van der Waals surface area (Å²) in [6.07, 6.45) is -4.62. The molecule has 0 radical (unpaired) electrons. The molecule has 0 heterocycles. The molecule has 3 N–H and O–H groups in total. The van der Waals surface area contributed by atoms with Crippen molar-refractivity contribution in [3.8, 4) is 5.75 Å². The van der Waals surface area contributed by atoms with E-state index in [2.05, 4.69) is 10.0 Å². The van der Waals surface area contributed by atoms with Gasteiger partial charge in [0, 0.05) is 17.4 Å². The van der Waals surface area contributed by atoms with E-state index in [1.165, 1.54) is 24.3 Å². The van der Waals surface area contributed by atoms with Gasteiger partial charge in [-0.15, -0.1) is 0 Å². The second-order valence-corrected chi connectivity index (χ2v) is 8.95. The third-order valence-corrected chi connectivity index (χ3v) is 6.00. The second kappa shape index (κ2) is 10.2. The van der Waals surface area contributed by atoms with E-state index >= 15 is 0 Å². The normalized spacial score (nSPS) is 13.0. The number of ether oxygens (including phenoxy) is 1. The van der Waals surface area contributed by atoms with Crippen LogP contribution in [0.1, 0.15) is 26.3 Å². The van der Waals surface area contributed by atoms with Crippen LogP contribution < -0.4 is 14.8 Å². The molecule has 7 nitrogen and oxygen atoms in total. The number of amides is 1. The summed E-state index contributed by atoms with van der Waals surface area (Å²) in [4.78, 5) is 12.0. The average molecular weight is 475 g/mol. The van der Waals surface area contributed by atoms with Crippen LogP contribution in [0.2, 0.25) is 0 Å². The Bertz CT molecular complexity index is 1060. The molecule has 32 heavy (non-hydrogen) atoms. The van der Waals surface area contributed by atoms with Crippen LogP contribution >= 0.6 is 0 Å². The fourth-order valence-electron chi connectivity index (χ4n) is 2.88. The van der Waals surface area contributed by atoms with Crippen LogP contribution in [-0.4, -0.2) is 32.6 Å². The van der Waals surface area contributed by atoms with Crippen molar-refractivity contribution in [2.24, 2.45) is 11.8 Å². The summed E-state index contributed by atoms with van der Waals surface area (Å²) < 4.78 is 72.0. The molecule has 0 bridgehead atoms. The van der Waals surface area contributed by atoms with Crippen LogP contribution in [0.15, 0.2) is 47.4 Å². The summed E-state index contributed by atoms with van der Waals surface area (Å²) in [6.45, 7) is 4.94. The summed E-state index contributed by atoms with van der Waals surface area (Å²) in [5.74, 6) is -1.31. The molecule has 2 aromatic rings. The van der Waals surface area contributed by atoms with E-state index in [4.69, 9.17) is 4.74 Å². The molecule has 0 aliphatic rings. The number of alkyl halides is 3. The van der Waals surface area contributed by atoms with Crippen LogP contribution in [0.5, 0.6) is 5.75 Å². The lowest BCUT2D eigenvalue weighted by Gasteiger charge is -2.19. The molecule has 2 aromatic carbocycles. The Morgan fingerprint density at radius 1 is 1.12 bits per heavy atom. The topological polar surface area (TPSA) is 105 Å². The van der Waals surface area contributed by atoms with Crippen molar-refractivity contribution in [2.75, 3.05) is 23.3 Å². The zero-order valence-electron chi connectivity index (χ0n) is 17.7. The van der Waals surface area contributed by atoms with Gasteiger partial charge in [-0.3, -0.25) is 9.52 Å². The number of carbonyl (C=O) groups is 1. The average Bonchev–Trinajstić information content (AvgIpc) is 2.67. The summed E-state index contributed by atoms with van der Waals surface area (Å²) in [5, 5.41) is 12.0. The Hall–Kier alpha value is -2.79. The molecule has 0 unspecified atom stereocenters. The highest BCUT2D eigenvalue weighted by Crippen LogP contribution is 2.33. The van der Waals surface area contributed by atoms with E-state index in [0.29, 0.717) is 6.07 Å². The van der Waals surface area contributed by atoms with Gasteiger partial charge in [0.05, 0.1) is 24.7 Å². The van der Waals surface area contributed by atoms with E-state index in [1.54, 1.807) is 20.8 Å². The highest BCUT2D eigenvalue weighted by atomic mass is 32.2. The lowest BCUT2D eigenvalue weighted by molar-refractivity contribution is -0.137. The smallest absolute Gasteiger partial charge is 0.416 e. The second-order valence-electron chi connectivity index (χ2n) is 7.30. The first-order valence-corrected chi connectivity index (χ1v) is 11.3. The van der Waals surface area contributed by atoms with Gasteiger partial charge in [0.1, 0.15) is 10.6 Å². The molecule has 176 valence electrons. The number of sulfonamides is 1. The first-order chi connectivity index (χ1) is 14.9. The van der Waals surface area contributed by atoms with Gasteiger partial charge in [-0.05, 0) is 43.2 Å². The molecule has 0 spiro atoms. The summed E-state index contributed by atoms with van der Waals surface area (Å²) in [5.41, 5.74) is -1.01. The predicted octanol–water partition coefficient (Wildman–Crippen LogP) is 4.11. The lowest BCUT2D eigenvalue weighted by atomic mass is 9.96. The predicted molar refractivity (Wildman–Crippen MR) is 114 cm³/mol. The third kappa shape index (κ3) is 6.36. The van der Waals surface area contributed by atoms with E-state index in [9.17, 15) is 31.5 Å². The molecule has 0 fully saturated rings. The molecule has 0 aliphatic carbocycles. The number of hydrogen-bond acceptors (Lipinski definition) is 5. The molecule has 1 amide bonds. The van der Waals surface area contributed by atoms with Crippen molar-refractivity contribution < 1.29 is 36.2 Å². The van der Waals surface area contributed by atoms with Gasteiger partial charge in [-0.2, -0.15) is 13.2 Å². The van der Waals surface area contributed by atoms with E-state index in [-0.39, 0.29) is 41.2 Å². The quantitative estimate of drug-likeness (QED) is 0.507. The number of benzene rings is 2. The molecule has 0 aromatic heterocycles. The van der Waals surface area contributed by atoms with Crippen molar-refractivity contribution in [1.82, 2.24) is 0 Å². The number of rotatable bonds is 9. The zero-order chi connectivity index (χ0) is 24.1. The number of nitrogens with one attached hydrogen (secondary N) is 2. The Kier molecular flexibility index (Phi) is 8.13. The summed E-state index contributed by atoms with van der Waals surface area (Å²) in [7, 11) is -4.30. The molecule has 11 heteroatoms. The van der Waals surface area contributed by atoms with Crippen LogP contribution in [0.25, 0.3) is 0 Å². The fraction of sp³-hybridized carbons (Fsp3) is 0.381. The highest BCUT2D eigenvalue weighted by Gasteiger charge is 2.31. The lowest BCUT2D eigenvalue weighted by Crippen LogP contribution is -2.29. The Morgan fingerprint density at radius 3 is 2.38 bits per heavy atom. The van der Waals surface area contributed by atoms with E-state index in [1.807, 2.05) is 0 Å². The van der Waals surface area contributed by atoms with Crippen LogP contribution in [0.4, 0.5) is 24.5 Å². The molecular formula is C21H25F3N2O5S. The Morgan fingerprint density at radius 2 is 1.81 bits per heavy atom. The summed E-state index contributed by atoms with van der Waals surface area (Å²) in [6, 6.07) is 7.62. The van der Waals surface area contributed by atoms with Gasteiger partial charge in [0.2, 0.25) is 5.91 Å². The maximum Gasteiger partial charge on any atom is 0.416 e. The molecular weight excluding hydrogens is 449 g/mol. The molecule has 0 saturated carbocycles. The van der Waals surface area contributed by atoms with Crippen molar-refractivity contribution >= 4 is 27.3 Å². The van der Waals surface area contributed by atoms with Gasteiger partial charge in [0.15, 0.2) is 0 Å². The monoisotopic (exact) mass is 474 g/mol. The minimum Gasteiger partial charge on any atom is -0.492 e. The number of hydrogen-bond donors (Lipinski definition) is 3. The Balaban J connectivity index is 2.35. The van der Waals surface area contributed by atoms with Crippen LogP contribution in [-0.2, 0) is 21.0 Å². The minimum atomic E-state index is -4.62. The maximum atomic E-state index is 12.9. The van der Waals surface area contributed by atoms with Crippen molar-refractivity contribution in [3.05, 3.63) is 48.0 Å². The third-order valence-electron chi connectivity index (χ3n) is 4.58. The van der Waals surface area contributed by atoms with Gasteiger partial charge < -0.3 is 15.2 Å². The molecule has 0 saturated heterocycles. The highest BCUT2D eigenvalue weighted by molar-refractivity contribution is 7.92. The summed E-state index contributed by atoms with van der Waals surface area (Å²) >= 11 is 0. The first kappa shape index (κ1) is 25.5. The van der Waals surface area contributed by atoms with Crippen molar-refractivity contribution in [3.63, 3.8) is 0 Å². The first-order valence-electron chi connectivity index (χ1n) is 9.77. The van der Waals surface area contributed by atoms with Crippen molar-refractivity contribution in [1.29, 1.82) is 0 Å². The molecule has 1 atom stereocenters. The minimum absolute atomic E-state index is 0.0881. The van der Waals surface area contributed by atoms with Crippen LogP contribution in [0, 0.1) is 11.8 Å². The number of aliphatic hydroxyl groups excluding tert-OH is 1. The van der Waals surface area contributed by atoms with E-state index in [0.717, 1.165) is 12.1 Å². The fourth-order valence-corrected chi connectivity index (χ4v) is 4.05. The van der Waals surface area contributed by atoms with Gasteiger partial charge in [-0.25, -0.2) is 8.42 Å². The van der Waals surface area contributed by atoms with Crippen LogP contribution in [0.3, 0.4) is 0 Å². The van der Waals surface area contributed by atoms with Gasteiger partial charge in [-0.1, -0.05) is 19.9 Å². The Labute approximate surface area is 184 Å². The van der Waals surface area contributed by atoms with Gasteiger partial charge in [0.25, 0.3) is 10.0 Å². The standard InChI is InChI=1S/C21H25F3N2O5S/c1-4-31-18-11-15(25-20(28)17(12-27)13(2)3)8-9-19(18)32(29,30)26-16-7-5-6-14(10-16)21(22,23)24/h5-11,13,17,26-27H,4,12H2,1-3H3,(H,25,28)/t17-/m0/s1. The molecule has 2 rings (SSSR count). The van der Waals surface area contributed by atoms with E-state index < -0.39 is 33.6 Å². The largest absolute Gasteiger partial charge is 0.492 e. The number of carbonyl (C=O) groups excluding carboxylic acids is 1.